The molecule has 7 nitrogen and oxygen atoms in total. The van der Waals surface area contributed by atoms with Crippen molar-refractivity contribution in [2.75, 3.05) is 31.1 Å². The number of carboxylic acid groups (broad SMARTS) is 1. The van der Waals surface area contributed by atoms with Crippen molar-refractivity contribution in [2.24, 2.45) is 5.92 Å². The third-order valence-electron chi connectivity index (χ3n) is 4.44. The van der Waals surface area contributed by atoms with Crippen LogP contribution >= 0.6 is 11.3 Å². The number of carbonyl (C=O) groups is 2. The molecule has 1 amide bonds. The van der Waals surface area contributed by atoms with Crippen molar-refractivity contribution in [3.05, 3.63) is 17.8 Å². The van der Waals surface area contributed by atoms with Gasteiger partial charge in [0.25, 0.3) is 0 Å². The summed E-state index contributed by atoms with van der Waals surface area (Å²) in [6, 6.07) is 2.01. The molecular formula is C17H22N4O3S. The first kappa shape index (κ1) is 17.6. The molecule has 25 heavy (non-hydrogen) atoms. The second kappa shape index (κ2) is 7.77. The maximum Gasteiger partial charge on any atom is 0.323 e. The molecule has 1 saturated heterocycles. The van der Waals surface area contributed by atoms with E-state index in [4.69, 9.17) is 5.11 Å². The Morgan fingerprint density at radius 2 is 2.28 bits per heavy atom. The normalized spacial score (nSPS) is 17.6. The summed E-state index contributed by atoms with van der Waals surface area (Å²) in [7, 11) is 0. The Balaban J connectivity index is 1.77. The minimum absolute atomic E-state index is 0.0652. The highest BCUT2D eigenvalue weighted by molar-refractivity contribution is 7.16. The third-order valence-corrected chi connectivity index (χ3v) is 5.26. The Morgan fingerprint density at radius 1 is 1.44 bits per heavy atom. The number of thiophene rings is 1. The van der Waals surface area contributed by atoms with E-state index in [0.717, 1.165) is 41.8 Å². The molecule has 1 fully saturated rings. The number of carboxylic acids is 1. The summed E-state index contributed by atoms with van der Waals surface area (Å²) in [5, 5.41) is 12.1. The van der Waals surface area contributed by atoms with E-state index in [1.54, 1.807) is 17.7 Å². The number of amides is 1. The maximum absolute atomic E-state index is 12.8. The zero-order chi connectivity index (χ0) is 17.8. The second-order valence-corrected chi connectivity index (χ2v) is 7.17. The average Bonchev–Trinajstić information content (AvgIpc) is 3.09. The van der Waals surface area contributed by atoms with Crippen LogP contribution in [0, 0.1) is 5.92 Å². The van der Waals surface area contributed by atoms with Crippen molar-refractivity contribution >= 4 is 39.2 Å². The van der Waals surface area contributed by atoms with Gasteiger partial charge in [-0.3, -0.25) is 9.59 Å². The lowest BCUT2D eigenvalue weighted by atomic mass is 9.96. The lowest BCUT2D eigenvalue weighted by Gasteiger charge is -2.35. The number of hydrogen-bond donors (Lipinski definition) is 1. The van der Waals surface area contributed by atoms with Gasteiger partial charge in [0.1, 0.15) is 23.5 Å². The lowest BCUT2D eigenvalue weighted by Crippen LogP contribution is -2.46. The highest BCUT2D eigenvalue weighted by atomic mass is 32.1. The SMILES string of the molecule is CCCN(CC(=O)O)C(=O)C1CCCN(c2ncnc3sccc23)C1. The first-order chi connectivity index (χ1) is 12.1. The van der Waals surface area contributed by atoms with Crippen molar-refractivity contribution in [3.8, 4) is 0 Å². The van der Waals surface area contributed by atoms with Gasteiger partial charge in [-0.15, -0.1) is 11.3 Å². The highest BCUT2D eigenvalue weighted by Gasteiger charge is 2.31. The van der Waals surface area contributed by atoms with Gasteiger partial charge in [0.2, 0.25) is 5.91 Å². The minimum atomic E-state index is -0.967. The van der Waals surface area contributed by atoms with Gasteiger partial charge in [0, 0.05) is 19.6 Å². The standard InChI is InChI=1S/C17H22N4O3S/c1-2-6-21(10-14(22)23)17(24)12-4-3-7-20(9-12)15-13-5-8-25-16(13)19-11-18-15/h5,8,11-12H,2-4,6-7,9-10H2,1H3,(H,22,23). The van der Waals surface area contributed by atoms with Crippen LogP contribution in [-0.2, 0) is 9.59 Å². The fourth-order valence-electron chi connectivity index (χ4n) is 3.36. The van der Waals surface area contributed by atoms with Crippen molar-refractivity contribution < 1.29 is 14.7 Å². The van der Waals surface area contributed by atoms with Crippen LogP contribution in [0.25, 0.3) is 10.2 Å². The Labute approximate surface area is 150 Å². The summed E-state index contributed by atoms with van der Waals surface area (Å²) in [6.45, 7) is 3.61. The molecule has 0 radical (unpaired) electrons. The van der Waals surface area contributed by atoms with E-state index in [1.165, 1.54) is 4.90 Å². The number of aromatic nitrogens is 2. The molecule has 0 spiro atoms. The number of rotatable bonds is 6. The molecule has 0 aromatic carbocycles. The molecule has 8 heteroatoms. The minimum Gasteiger partial charge on any atom is -0.480 e. The van der Waals surface area contributed by atoms with Gasteiger partial charge in [-0.05, 0) is 30.7 Å². The number of aliphatic carboxylic acids is 1. The van der Waals surface area contributed by atoms with Crippen molar-refractivity contribution in [1.29, 1.82) is 0 Å². The van der Waals surface area contributed by atoms with Crippen LogP contribution < -0.4 is 4.90 Å². The number of carbonyl (C=O) groups excluding carboxylic acids is 1. The summed E-state index contributed by atoms with van der Waals surface area (Å²) < 4.78 is 0. The van der Waals surface area contributed by atoms with Crippen LogP contribution in [0.4, 0.5) is 5.82 Å². The van der Waals surface area contributed by atoms with E-state index in [-0.39, 0.29) is 18.4 Å². The largest absolute Gasteiger partial charge is 0.480 e. The molecule has 3 heterocycles. The summed E-state index contributed by atoms with van der Waals surface area (Å²) in [4.78, 5) is 37.1. The second-order valence-electron chi connectivity index (χ2n) is 6.28. The topological polar surface area (TPSA) is 86.6 Å². The average molecular weight is 362 g/mol. The van der Waals surface area contributed by atoms with Crippen molar-refractivity contribution in [2.45, 2.75) is 26.2 Å². The third kappa shape index (κ3) is 3.89. The van der Waals surface area contributed by atoms with Crippen LogP contribution in [0.5, 0.6) is 0 Å². The van der Waals surface area contributed by atoms with Crippen LogP contribution in [0.15, 0.2) is 17.8 Å². The zero-order valence-corrected chi connectivity index (χ0v) is 15.0. The smallest absolute Gasteiger partial charge is 0.323 e. The van der Waals surface area contributed by atoms with Crippen molar-refractivity contribution in [3.63, 3.8) is 0 Å². The first-order valence-electron chi connectivity index (χ1n) is 8.54. The Morgan fingerprint density at radius 3 is 3.04 bits per heavy atom. The van der Waals surface area contributed by atoms with E-state index in [9.17, 15) is 9.59 Å². The summed E-state index contributed by atoms with van der Waals surface area (Å²) in [6.07, 6.45) is 3.98. The molecule has 3 rings (SSSR count). The summed E-state index contributed by atoms with van der Waals surface area (Å²) >= 11 is 1.57. The summed E-state index contributed by atoms with van der Waals surface area (Å²) in [5.41, 5.74) is 0. The molecule has 1 aliphatic heterocycles. The van der Waals surface area contributed by atoms with Gasteiger partial charge in [-0.1, -0.05) is 6.92 Å². The number of piperidine rings is 1. The number of fused-ring (bicyclic) bond motifs is 1. The van der Waals surface area contributed by atoms with Crippen LogP contribution in [0.3, 0.4) is 0 Å². The Kier molecular flexibility index (Phi) is 5.47. The fraction of sp³-hybridized carbons (Fsp3) is 0.529. The van der Waals surface area contributed by atoms with Crippen LogP contribution in [0.1, 0.15) is 26.2 Å². The molecule has 0 aliphatic carbocycles. The highest BCUT2D eigenvalue weighted by Crippen LogP contribution is 2.30. The fourth-order valence-corrected chi connectivity index (χ4v) is 4.09. The molecule has 1 atom stereocenters. The quantitative estimate of drug-likeness (QED) is 0.848. The molecule has 134 valence electrons. The zero-order valence-electron chi connectivity index (χ0n) is 14.2. The Bertz CT molecular complexity index is 763. The van der Waals surface area contributed by atoms with Crippen molar-refractivity contribution in [1.82, 2.24) is 14.9 Å². The molecule has 0 saturated carbocycles. The van der Waals surface area contributed by atoms with Gasteiger partial charge in [0.05, 0.1) is 11.3 Å². The van der Waals surface area contributed by atoms with E-state index in [0.29, 0.717) is 13.1 Å². The van der Waals surface area contributed by atoms with Gasteiger partial charge in [-0.25, -0.2) is 9.97 Å². The Hall–Kier alpha value is -2.22. The monoisotopic (exact) mass is 362 g/mol. The number of nitrogens with zero attached hydrogens (tertiary/aromatic N) is 4. The van der Waals surface area contributed by atoms with Gasteiger partial charge < -0.3 is 14.9 Å². The van der Waals surface area contributed by atoms with Gasteiger partial charge in [0.15, 0.2) is 0 Å². The molecule has 2 aromatic rings. The number of anilines is 1. The molecule has 0 bridgehead atoms. The number of hydrogen-bond acceptors (Lipinski definition) is 6. The predicted octanol–water partition coefficient (Wildman–Crippen LogP) is 2.23. The van der Waals surface area contributed by atoms with Crippen LogP contribution in [0.2, 0.25) is 0 Å². The summed E-state index contributed by atoms with van der Waals surface area (Å²) in [5.74, 6) is -0.359. The van der Waals surface area contributed by atoms with E-state index in [2.05, 4.69) is 14.9 Å². The molecular weight excluding hydrogens is 340 g/mol. The van der Waals surface area contributed by atoms with E-state index >= 15 is 0 Å². The van der Waals surface area contributed by atoms with E-state index in [1.807, 2.05) is 18.4 Å². The predicted molar refractivity (Wildman–Crippen MR) is 96.9 cm³/mol. The molecule has 2 aromatic heterocycles. The van der Waals surface area contributed by atoms with Gasteiger partial charge >= 0.3 is 5.97 Å². The molecule has 1 unspecified atom stereocenters. The molecule has 1 aliphatic rings. The van der Waals surface area contributed by atoms with E-state index < -0.39 is 5.97 Å². The lowest BCUT2D eigenvalue weighted by molar-refractivity contribution is -0.146. The van der Waals surface area contributed by atoms with Crippen LogP contribution in [-0.4, -0.2) is 58.0 Å². The van der Waals surface area contributed by atoms with Gasteiger partial charge in [-0.2, -0.15) is 0 Å². The first-order valence-corrected chi connectivity index (χ1v) is 9.41. The molecule has 1 N–H and O–H groups in total. The maximum atomic E-state index is 12.8.